The molecule has 1 N–H and O–H groups in total. The summed E-state index contributed by atoms with van der Waals surface area (Å²) in [7, 11) is 0. The van der Waals surface area contributed by atoms with Gasteiger partial charge in [0.15, 0.2) is 0 Å². The van der Waals surface area contributed by atoms with Crippen LogP contribution in [0.15, 0.2) is 12.3 Å². The summed E-state index contributed by atoms with van der Waals surface area (Å²) >= 11 is 5.94. The number of anilines is 1. The van der Waals surface area contributed by atoms with Gasteiger partial charge in [-0.15, -0.1) is 0 Å². The number of halogens is 4. The summed E-state index contributed by atoms with van der Waals surface area (Å²) in [6.07, 6.45) is -4.79. The molecule has 1 aliphatic rings. The first kappa shape index (κ1) is 22.5. The van der Waals surface area contributed by atoms with E-state index in [0.29, 0.717) is 12.7 Å². The Morgan fingerprint density at radius 3 is 2.57 bits per heavy atom. The number of carbonyl (C=O) groups is 1. The monoisotopic (exact) mass is 423 g/mol. The smallest absolute Gasteiger partial charge is 0.417 e. The Morgan fingerprint density at radius 2 is 2.04 bits per heavy atom. The lowest BCUT2D eigenvalue weighted by molar-refractivity contribution is -0.137. The largest absolute Gasteiger partial charge is 0.444 e. The second-order valence-corrected chi connectivity index (χ2v) is 8.19. The summed E-state index contributed by atoms with van der Waals surface area (Å²) < 4.78 is 49.5. The number of aromatic nitrogens is 1. The van der Waals surface area contributed by atoms with Crippen LogP contribution in [0, 0.1) is 0 Å². The van der Waals surface area contributed by atoms with Gasteiger partial charge >= 0.3 is 12.3 Å². The van der Waals surface area contributed by atoms with Crippen molar-refractivity contribution in [3.63, 3.8) is 0 Å². The van der Waals surface area contributed by atoms with E-state index in [2.05, 4.69) is 10.3 Å². The zero-order valence-electron chi connectivity index (χ0n) is 16.4. The Balaban J connectivity index is 2.14. The first-order chi connectivity index (χ1) is 12.8. The number of hydrogen-bond donors (Lipinski definition) is 1. The molecule has 158 valence electrons. The number of amides is 1. The minimum Gasteiger partial charge on any atom is -0.444 e. The van der Waals surface area contributed by atoms with E-state index in [1.165, 1.54) is 0 Å². The van der Waals surface area contributed by atoms with Gasteiger partial charge < -0.3 is 14.8 Å². The lowest BCUT2D eigenvalue weighted by Gasteiger charge is -2.43. The highest BCUT2D eigenvalue weighted by Gasteiger charge is 2.38. The summed E-state index contributed by atoms with van der Waals surface area (Å²) in [5, 5.41) is 2.76. The third-order valence-electron chi connectivity index (χ3n) is 4.12. The summed E-state index contributed by atoms with van der Waals surface area (Å²) in [5.41, 5.74) is -1.58. The average Bonchev–Trinajstić information content (AvgIpc) is 2.51. The first-order valence-electron chi connectivity index (χ1n) is 8.89. The van der Waals surface area contributed by atoms with Crippen LogP contribution >= 0.6 is 11.6 Å². The molecule has 3 atom stereocenters. The lowest BCUT2D eigenvalue weighted by atomic mass is 10.1. The van der Waals surface area contributed by atoms with Gasteiger partial charge in [-0.3, -0.25) is 4.90 Å². The molecule has 1 saturated heterocycles. The number of nitrogens with zero attached hydrogens (tertiary/aromatic N) is 2. The van der Waals surface area contributed by atoms with E-state index < -0.39 is 29.5 Å². The Hall–Kier alpha value is -1.74. The Morgan fingerprint density at radius 1 is 1.39 bits per heavy atom. The first-order valence-corrected chi connectivity index (χ1v) is 9.27. The molecule has 0 aromatic carbocycles. The minimum absolute atomic E-state index is 0.102. The van der Waals surface area contributed by atoms with E-state index >= 15 is 0 Å². The fourth-order valence-electron chi connectivity index (χ4n) is 2.90. The number of nitrogens with one attached hydrogen (secondary N) is 1. The van der Waals surface area contributed by atoms with Gasteiger partial charge in [0.25, 0.3) is 0 Å². The van der Waals surface area contributed by atoms with E-state index in [0.717, 1.165) is 6.07 Å². The molecule has 0 unspecified atom stereocenters. The third kappa shape index (κ3) is 5.88. The highest BCUT2D eigenvalue weighted by Crippen LogP contribution is 2.32. The fraction of sp³-hybridized carbons (Fsp3) is 0.667. The average molecular weight is 424 g/mol. The topological polar surface area (TPSA) is 63.7 Å². The van der Waals surface area contributed by atoms with Crippen molar-refractivity contribution in [3.05, 3.63) is 22.8 Å². The van der Waals surface area contributed by atoms with E-state index in [1.807, 2.05) is 13.8 Å². The SMILES string of the molecule is C[C@@H]1CN(C(=O)OC(C)(C)C)[C@H](CNc2ncc(C(F)(F)F)cc2Cl)[C@H](C)O1. The highest BCUT2D eigenvalue weighted by molar-refractivity contribution is 6.32. The number of hydrogen-bond acceptors (Lipinski definition) is 5. The summed E-state index contributed by atoms with van der Waals surface area (Å²) in [6.45, 7) is 9.52. The predicted octanol–water partition coefficient (Wildman–Crippen LogP) is 4.58. The van der Waals surface area contributed by atoms with Crippen LogP contribution in [-0.2, 0) is 15.7 Å². The molecule has 1 aliphatic heterocycles. The maximum atomic E-state index is 12.7. The van der Waals surface area contributed by atoms with E-state index in [1.54, 1.807) is 25.7 Å². The molecule has 1 amide bonds. The maximum absolute atomic E-state index is 12.7. The molecular formula is C18H25ClF3N3O3. The normalized spacial score (nSPS) is 23.5. The van der Waals surface area contributed by atoms with Crippen molar-refractivity contribution in [2.75, 3.05) is 18.4 Å². The number of rotatable bonds is 3. The summed E-state index contributed by atoms with van der Waals surface area (Å²) in [6, 6.07) is 0.400. The van der Waals surface area contributed by atoms with Gasteiger partial charge in [-0.2, -0.15) is 13.2 Å². The maximum Gasteiger partial charge on any atom is 0.417 e. The van der Waals surface area contributed by atoms with Crippen LogP contribution in [0.1, 0.15) is 40.2 Å². The van der Waals surface area contributed by atoms with Crippen molar-refractivity contribution in [1.29, 1.82) is 0 Å². The second kappa shape index (κ2) is 8.32. The molecule has 6 nitrogen and oxygen atoms in total. The van der Waals surface area contributed by atoms with Gasteiger partial charge in [-0.05, 0) is 40.7 Å². The zero-order valence-corrected chi connectivity index (χ0v) is 17.2. The molecule has 10 heteroatoms. The van der Waals surface area contributed by atoms with Gasteiger partial charge in [0.1, 0.15) is 11.4 Å². The van der Waals surface area contributed by atoms with Gasteiger partial charge in [0.05, 0.1) is 35.4 Å². The van der Waals surface area contributed by atoms with Gasteiger partial charge in [0, 0.05) is 12.7 Å². The molecule has 0 radical (unpaired) electrons. The summed E-state index contributed by atoms with van der Waals surface area (Å²) in [5.74, 6) is 0.102. The van der Waals surface area contributed by atoms with Gasteiger partial charge in [-0.1, -0.05) is 11.6 Å². The van der Waals surface area contributed by atoms with Crippen molar-refractivity contribution in [2.24, 2.45) is 0 Å². The number of alkyl halides is 3. The number of carbonyl (C=O) groups excluding carboxylic acids is 1. The van der Waals surface area contributed by atoms with Crippen LogP contribution in [0.25, 0.3) is 0 Å². The quantitative estimate of drug-likeness (QED) is 0.771. The number of morpholine rings is 1. The molecule has 0 aliphatic carbocycles. The standard InChI is InChI=1S/C18H25ClF3N3O3/c1-10-9-25(16(26)28-17(3,4)5)14(11(2)27-10)8-24-15-13(19)6-12(7-23-15)18(20,21)22/h6-7,10-11,14H,8-9H2,1-5H3,(H,23,24)/t10-,11+,14-/m1/s1. The Bertz CT molecular complexity index is 710. The Labute approximate surface area is 167 Å². The van der Waals surface area contributed by atoms with Crippen molar-refractivity contribution in [1.82, 2.24) is 9.88 Å². The van der Waals surface area contributed by atoms with E-state index in [4.69, 9.17) is 21.1 Å². The molecule has 0 bridgehead atoms. The molecule has 0 saturated carbocycles. The predicted molar refractivity (Wildman–Crippen MR) is 99.5 cm³/mol. The lowest BCUT2D eigenvalue weighted by Crippen LogP contribution is -2.58. The van der Waals surface area contributed by atoms with Gasteiger partial charge in [-0.25, -0.2) is 9.78 Å². The van der Waals surface area contributed by atoms with Crippen LogP contribution in [0.2, 0.25) is 5.02 Å². The van der Waals surface area contributed by atoms with Crippen LogP contribution in [0.3, 0.4) is 0 Å². The molecule has 28 heavy (non-hydrogen) atoms. The Kier molecular flexibility index (Phi) is 6.70. The van der Waals surface area contributed by atoms with Crippen molar-refractivity contribution >= 4 is 23.5 Å². The minimum atomic E-state index is -4.52. The highest BCUT2D eigenvalue weighted by atomic mass is 35.5. The second-order valence-electron chi connectivity index (χ2n) is 7.78. The molecule has 1 aromatic heterocycles. The molecule has 0 spiro atoms. The number of pyridine rings is 1. The molecule has 2 rings (SSSR count). The molecule has 1 fully saturated rings. The molecule has 1 aromatic rings. The van der Waals surface area contributed by atoms with Crippen molar-refractivity contribution in [3.8, 4) is 0 Å². The van der Waals surface area contributed by atoms with E-state index in [-0.39, 0.29) is 29.6 Å². The molecular weight excluding hydrogens is 399 g/mol. The number of ether oxygens (including phenoxy) is 2. The van der Waals surface area contributed by atoms with Crippen LogP contribution in [0.5, 0.6) is 0 Å². The summed E-state index contributed by atoms with van der Waals surface area (Å²) in [4.78, 5) is 17.9. The van der Waals surface area contributed by atoms with Crippen molar-refractivity contribution in [2.45, 2.75) is 64.6 Å². The van der Waals surface area contributed by atoms with Crippen molar-refractivity contribution < 1.29 is 27.4 Å². The fourth-order valence-corrected chi connectivity index (χ4v) is 3.13. The van der Waals surface area contributed by atoms with Crippen LogP contribution in [0.4, 0.5) is 23.8 Å². The van der Waals surface area contributed by atoms with Crippen LogP contribution in [-0.4, -0.2) is 52.9 Å². The van der Waals surface area contributed by atoms with Gasteiger partial charge in [0.2, 0.25) is 0 Å². The van der Waals surface area contributed by atoms with E-state index in [9.17, 15) is 18.0 Å². The molecule has 2 heterocycles. The zero-order chi connectivity index (χ0) is 21.3. The third-order valence-corrected chi connectivity index (χ3v) is 4.41. The van der Waals surface area contributed by atoms with Crippen LogP contribution < -0.4 is 5.32 Å².